The zero-order chi connectivity index (χ0) is 18.9. The van der Waals surface area contributed by atoms with E-state index in [-0.39, 0.29) is 11.5 Å². The van der Waals surface area contributed by atoms with Crippen molar-refractivity contribution < 1.29 is 8.42 Å². The summed E-state index contributed by atoms with van der Waals surface area (Å²) in [5.41, 5.74) is 2.96. The van der Waals surface area contributed by atoms with E-state index in [1.807, 2.05) is 30.1 Å². The Balaban J connectivity index is 1.88. The summed E-state index contributed by atoms with van der Waals surface area (Å²) in [7, 11) is -1.33. The van der Waals surface area contributed by atoms with Crippen molar-refractivity contribution >= 4 is 16.0 Å². The van der Waals surface area contributed by atoms with Crippen molar-refractivity contribution in [1.29, 1.82) is 0 Å². The molecule has 0 radical (unpaired) electrons. The second-order valence-electron chi connectivity index (χ2n) is 7.90. The molecule has 0 saturated heterocycles. The maximum atomic E-state index is 11.7. The van der Waals surface area contributed by atoms with Crippen LogP contribution in [0.15, 0.2) is 36.5 Å². The average Bonchev–Trinajstić information content (AvgIpc) is 2.52. The minimum atomic E-state index is -3.30. The van der Waals surface area contributed by atoms with Gasteiger partial charge in [-0.15, -0.1) is 0 Å². The zero-order valence-corrected chi connectivity index (χ0v) is 16.5. The molecule has 1 aliphatic carbocycles. The number of rotatable bonds is 5. The molecule has 1 aromatic heterocycles. The summed E-state index contributed by atoms with van der Waals surface area (Å²) in [5.74, 6) is 0.656. The molecule has 1 unspecified atom stereocenters. The Bertz CT molecular complexity index is 882. The van der Waals surface area contributed by atoms with Crippen LogP contribution in [0.4, 0.5) is 5.95 Å². The van der Waals surface area contributed by atoms with E-state index >= 15 is 0 Å². The second-order valence-corrected chi connectivity index (χ2v) is 9.68. The van der Waals surface area contributed by atoms with Gasteiger partial charge in [-0.3, -0.25) is 0 Å². The van der Waals surface area contributed by atoms with E-state index in [0.717, 1.165) is 24.1 Å². The predicted molar refractivity (Wildman–Crippen MR) is 103 cm³/mol. The van der Waals surface area contributed by atoms with Crippen LogP contribution >= 0.6 is 0 Å². The lowest BCUT2D eigenvalue weighted by Crippen LogP contribution is -2.37. The third kappa shape index (κ3) is 4.59. The van der Waals surface area contributed by atoms with Crippen LogP contribution in [-0.4, -0.2) is 31.7 Å². The molecule has 1 heterocycles. The Kier molecular flexibility index (Phi) is 5.03. The largest absolute Gasteiger partial charge is 0.340 e. The van der Waals surface area contributed by atoms with Gasteiger partial charge in [-0.1, -0.05) is 44.2 Å². The van der Waals surface area contributed by atoms with Gasteiger partial charge >= 0.3 is 0 Å². The molecule has 1 N–H and O–H groups in total. The maximum absolute atomic E-state index is 11.7. The molecule has 0 saturated carbocycles. The Morgan fingerprint density at radius 3 is 2.62 bits per heavy atom. The van der Waals surface area contributed by atoms with Gasteiger partial charge in [-0.05, 0) is 23.8 Å². The van der Waals surface area contributed by atoms with E-state index in [9.17, 15) is 8.42 Å². The molecule has 0 bridgehead atoms. The van der Waals surface area contributed by atoms with Gasteiger partial charge in [0, 0.05) is 25.4 Å². The Morgan fingerprint density at radius 2 is 1.96 bits per heavy atom. The number of hydrogen-bond donors (Lipinski definition) is 1. The molecule has 3 rings (SSSR count). The standard InChI is InChI=1S/C19H26N4O2S/c1-19(2)10-16-15(17(11-19)22-26(4,24)25)12-20-18(21-16)23(3)13-14-8-6-5-7-9-14/h5-9,12,17,22H,10-11,13H2,1-4H3. The topological polar surface area (TPSA) is 75.2 Å². The highest BCUT2D eigenvalue weighted by molar-refractivity contribution is 7.88. The molecule has 1 aromatic carbocycles. The molecule has 140 valence electrons. The smallest absolute Gasteiger partial charge is 0.225 e. The third-order valence-corrected chi connectivity index (χ3v) is 5.34. The van der Waals surface area contributed by atoms with Crippen molar-refractivity contribution in [3.8, 4) is 0 Å². The number of aromatic nitrogens is 2. The summed E-state index contributed by atoms with van der Waals surface area (Å²) in [4.78, 5) is 11.3. The monoisotopic (exact) mass is 374 g/mol. The number of hydrogen-bond acceptors (Lipinski definition) is 5. The first-order chi connectivity index (χ1) is 12.1. The summed E-state index contributed by atoms with van der Waals surface area (Å²) in [6.45, 7) is 5.00. The van der Waals surface area contributed by atoms with E-state index in [4.69, 9.17) is 4.98 Å². The van der Waals surface area contributed by atoms with Crippen LogP contribution in [0.3, 0.4) is 0 Å². The highest BCUT2D eigenvalue weighted by Gasteiger charge is 2.35. The number of sulfonamides is 1. The summed E-state index contributed by atoms with van der Waals surface area (Å²) in [5, 5.41) is 0. The first-order valence-corrected chi connectivity index (χ1v) is 10.6. The van der Waals surface area contributed by atoms with Gasteiger partial charge in [-0.25, -0.2) is 23.1 Å². The van der Waals surface area contributed by atoms with E-state index in [1.54, 1.807) is 6.20 Å². The first kappa shape index (κ1) is 18.8. The highest BCUT2D eigenvalue weighted by atomic mass is 32.2. The molecule has 7 heteroatoms. The van der Waals surface area contributed by atoms with E-state index in [2.05, 4.69) is 35.7 Å². The fourth-order valence-electron chi connectivity index (χ4n) is 3.51. The molecule has 2 aromatic rings. The molecule has 0 fully saturated rings. The first-order valence-electron chi connectivity index (χ1n) is 8.71. The van der Waals surface area contributed by atoms with Crippen LogP contribution in [0.5, 0.6) is 0 Å². The molecule has 0 amide bonds. The number of nitrogens with one attached hydrogen (secondary N) is 1. The SMILES string of the molecule is CN(Cc1ccccc1)c1ncc2c(n1)CC(C)(C)CC2NS(C)(=O)=O. The van der Waals surface area contributed by atoms with Crippen molar-refractivity contribution in [3.63, 3.8) is 0 Å². The Morgan fingerprint density at radius 1 is 1.27 bits per heavy atom. The molecule has 26 heavy (non-hydrogen) atoms. The van der Waals surface area contributed by atoms with Crippen LogP contribution in [0.2, 0.25) is 0 Å². The Hall–Kier alpha value is -1.99. The molecule has 6 nitrogen and oxygen atoms in total. The fourth-order valence-corrected chi connectivity index (χ4v) is 4.24. The molecule has 1 atom stereocenters. The molecule has 1 aliphatic rings. The fraction of sp³-hybridized carbons (Fsp3) is 0.474. The summed E-state index contributed by atoms with van der Waals surface area (Å²) in [6, 6.07) is 9.89. The van der Waals surface area contributed by atoms with Crippen LogP contribution in [0, 0.1) is 5.41 Å². The van der Waals surface area contributed by atoms with Gasteiger partial charge in [-0.2, -0.15) is 0 Å². The quantitative estimate of drug-likeness (QED) is 0.871. The molecular formula is C19H26N4O2S. The third-order valence-electron chi connectivity index (χ3n) is 4.63. The second kappa shape index (κ2) is 6.96. The summed E-state index contributed by atoms with van der Waals surface area (Å²) < 4.78 is 26.2. The minimum absolute atomic E-state index is 0.0288. The van der Waals surface area contributed by atoms with Crippen LogP contribution in [-0.2, 0) is 23.0 Å². The predicted octanol–water partition coefficient (Wildman–Crippen LogP) is 2.68. The normalized spacial score (nSPS) is 19.0. The average molecular weight is 375 g/mol. The van der Waals surface area contributed by atoms with Gasteiger partial charge in [0.1, 0.15) is 0 Å². The van der Waals surface area contributed by atoms with Gasteiger partial charge in [0.05, 0.1) is 18.0 Å². The van der Waals surface area contributed by atoms with Crippen molar-refractivity contribution in [2.24, 2.45) is 5.41 Å². The van der Waals surface area contributed by atoms with Crippen molar-refractivity contribution in [1.82, 2.24) is 14.7 Å². The van der Waals surface area contributed by atoms with E-state index < -0.39 is 10.0 Å². The van der Waals surface area contributed by atoms with Crippen LogP contribution < -0.4 is 9.62 Å². The molecule has 0 aliphatic heterocycles. The highest BCUT2D eigenvalue weighted by Crippen LogP contribution is 2.40. The molecular weight excluding hydrogens is 348 g/mol. The van der Waals surface area contributed by atoms with E-state index in [0.29, 0.717) is 12.5 Å². The van der Waals surface area contributed by atoms with Gasteiger partial charge in [0.2, 0.25) is 16.0 Å². The lowest BCUT2D eigenvalue weighted by atomic mass is 9.74. The van der Waals surface area contributed by atoms with Crippen molar-refractivity contribution in [2.75, 3.05) is 18.2 Å². The number of benzene rings is 1. The van der Waals surface area contributed by atoms with Crippen LogP contribution in [0.25, 0.3) is 0 Å². The van der Waals surface area contributed by atoms with E-state index in [1.165, 1.54) is 11.8 Å². The van der Waals surface area contributed by atoms with Gasteiger partial charge < -0.3 is 4.90 Å². The van der Waals surface area contributed by atoms with Gasteiger partial charge in [0.15, 0.2) is 0 Å². The van der Waals surface area contributed by atoms with Gasteiger partial charge in [0.25, 0.3) is 0 Å². The number of fused-ring (bicyclic) bond motifs is 1. The zero-order valence-electron chi connectivity index (χ0n) is 15.7. The Labute approximate surface area is 155 Å². The molecule has 0 spiro atoms. The lowest BCUT2D eigenvalue weighted by molar-refractivity contribution is 0.269. The van der Waals surface area contributed by atoms with Crippen molar-refractivity contribution in [2.45, 2.75) is 39.3 Å². The summed E-state index contributed by atoms with van der Waals surface area (Å²) in [6.07, 6.45) is 4.50. The van der Waals surface area contributed by atoms with Crippen LogP contribution in [0.1, 0.15) is 43.1 Å². The number of nitrogens with zero attached hydrogens (tertiary/aromatic N) is 3. The number of anilines is 1. The maximum Gasteiger partial charge on any atom is 0.225 e. The minimum Gasteiger partial charge on any atom is -0.340 e. The van der Waals surface area contributed by atoms with Crippen molar-refractivity contribution in [3.05, 3.63) is 53.3 Å². The lowest BCUT2D eigenvalue weighted by Gasteiger charge is -2.36. The summed E-state index contributed by atoms with van der Waals surface area (Å²) >= 11 is 0.